The van der Waals surface area contributed by atoms with E-state index in [1.54, 1.807) is 0 Å². The van der Waals surface area contributed by atoms with Crippen molar-refractivity contribution in [3.8, 4) is 12.3 Å². The van der Waals surface area contributed by atoms with Gasteiger partial charge in [-0.1, -0.05) is 0 Å². The maximum absolute atomic E-state index is 8.41. The largest absolute Gasteiger partial charge is 0.396 e. The molecule has 38 valence electrons. The van der Waals surface area contributed by atoms with Gasteiger partial charge in [0.25, 0.3) is 0 Å². The Morgan fingerprint density at radius 1 is 1.86 bits per heavy atom. The quantitative estimate of drug-likeness (QED) is 0.464. The highest BCUT2D eigenvalue weighted by Crippen LogP contribution is 2.36. The van der Waals surface area contributed by atoms with E-state index in [9.17, 15) is 0 Å². The zero-order valence-corrected chi connectivity index (χ0v) is 4.09. The third-order valence-electron chi connectivity index (χ3n) is 1.37. The third-order valence-corrected chi connectivity index (χ3v) is 1.37. The minimum Gasteiger partial charge on any atom is -0.396 e. The molecule has 0 saturated heterocycles. The first kappa shape index (κ1) is 4.67. The van der Waals surface area contributed by atoms with Gasteiger partial charge in [-0.15, -0.1) is 12.3 Å². The summed E-state index contributed by atoms with van der Waals surface area (Å²) in [5, 5.41) is 8.41. The van der Waals surface area contributed by atoms with Crippen molar-refractivity contribution in [3.05, 3.63) is 0 Å². The molecule has 0 spiro atoms. The van der Waals surface area contributed by atoms with Gasteiger partial charge in [0, 0.05) is 12.5 Å². The Bertz CT molecular complexity index is 101. The first-order chi connectivity index (χ1) is 3.38. The van der Waals surface area contributed by atoms with Crippen molar-refractivity contribution in [3.63, 3.8) is 0 Å². The van der Waals surface area contributed by atoms with E-state index in [1.165, 1.54) is 0 Å². The Kier molecular flexibility index (Phi) is 1.04. The summed E-state index contributed by atoms with van der Waals surface area (Å²) in [6.45, 7) is 0.273. The third kappa shape index (κ3) is 0.755. The SMILES string of the molecule is C#C[C@H]1CC1CO. The Morgan fingerprint density at radius 3 is 2.71 bits per heavy atom. The molecule has 0 heterocycles. The highest BCUT2D eigenvalue weighted by Gasteiger charge is 2.34. The maximum atomic E-state index is 8.41. The molecule has 0 amide bonds. The second kappa shape index (κ2) is 1.55. The molecule has 1 heteroatoms. The van der Waals surface area contributed by atoms with E-state index in [1.807, 2.05) is 0 Å². The van der Waals surface area contributed by atoms with E-state index < -0.39 is 0 Å². The number of rotatable bonds is 1. The smallest absolute Gasteiger partial charge is 0.0471 e. The van der Waals surface area contributed by atoms with Crippen molar-refractivity contribution in [2.75, 3.05) is 6.61 Å². The van der Waals surface area contributed by atoms with Crippen LogP contribution in [0, 0.1) is 24.2 Å². The van der Waals surface area contributed by atoms with Crippen molar-refractivity contribution in [1.29, 1.82) is 0 Å². The first-order valence-electron chi connectivity index (χ1n) is 2.45. The Balaban J connectivity index is 2.21. The summed E-state index contributed by atoms with van der Waals surface area (Å²) >= 11 is 0. The molecule has 1 nitrogen and oxygen atoms in total. The molecule has 0 aromatic rings. The number of hydrogen-bond acceptors (Lipinski definition) is 1. The molecular formula is C6H8O. The molecule has 1 rings (SSSR count). The minimum atomic E-state index is 0.273. The highest BCUT2D eigenvalue weighted by atomic mass is 16.3. The van der Waals surface area contributed by atoms with Crippen LogP contribution < -0.4 is 0 Å². The van der Waals surface area contributed by atoms with Crippen LogP contribution in [0.3, 0.4) is 0 Å². The van der Waals surface area contributed by atoms with Crippen LogP contribution in [0.25, 0.3) is 0 Å². The van der Waals surface area contributed by atoms with E-state index in [-0.39, 0.29) is 6.61 Å². The Labute approximate surface area is 43.4 Å². The summed E-state index contributed by atoms with van der Waals surface area (Å²) in [4.78, 5) is 0. The predicted octanol–water partition coefficient (Wildman–Crippen LogP) is 0.248. The van der Waals surface area contributed by atoms with Gasteiger partial charge in [0.1, 0.15) is 0 Å². The van der Waals surface area contributed by atoms with Gasteiger partial charge < -0.3 is 5.11 Å². The monoisotopic (exact) mass is 96.1 g/mol. The molecule has 1 saturated carbocycles. The molecule has 1 unspecified atom stereocenters. The lowest BCUT2D eigenvalue weighted by Crippen LogP contribution is -1.84. The molecule has 0 bridgehead atoms. The predicted molar refractivity (Wildman–Crippen MR) is 27.5 cm³/mol. The molecule has 2 atom stereocenters. The second-order valence-corrected chi connectivity index (χ2v) is 1.95. The Morgan fingerprint density at radius 2 is 2.57 bits per heavy atom. The topological polar surface area (TPSA) is 20.2 Å². The van der Waals surface area contributed by atoms with Gasteiger partial charge in [-0.05, 0) is 12.3 Å². The van der Waals surface area contributed by atoms with Crippen LogP contribution in [0.4, 0.5) is 0 Å². The molecule has 7 heavy (non-hydrogen) atoms. The summed E-state index contributed by atoms with van der Waals surface area (Å²) < 4.78 is 0. The normalized spacial score (nSPS) is 37.1. The summed E-state index contributed by atoms with van der Waals surface area (Å²) in [5.74, 6) is 3.41. The maximum Gasteiger partial charge on any atom is 0.0471 e. The fraction of sp³-hybridized carbons (Fsp3) is 0.667. The van der Waals surface area contributed by atoms with Crippen LogP contribution in [-0.4, -0.2) is 11.7 Å². The van der Waals surface area contributed by atoms with E-state index in [4.69, 9.17) is 11.5 Å². The van der Waals surface area contributed by atoms with Crippen LogP contribution in [0.1, 0.15) is 6.42 Å². The van der Waals surface area contributed by atoms with E-state index in [0.29, 0.717) is 11.8 Å². The van der Waals surface area contributed by atoms with Gasteiger partial charge >= 0.3 is 0 Å². The van der Waals surface area contributed by atoms with E-state index >= 15 is 0 Å². The van der Waals surface area contributed by atoms with Gasteiger partial charge in [-0.3, -0.25) is 0 Å². The van der Waals surface area contributed by atoms with Gasteiger partial charge in [0.15, 0.2) is 0 Å². The molecule has 1 aliphatic rings. The number of aliphatic hydroxyl groups excluding tert-OH is 1. The van der Waals surface area contributed by atoms with Crippen LogP contribution >= 0.6 is 0 Å². The second-order valence-electron chi connectivity index (χ2n) is 1.95. The van der Waals surface area contributed by atoms with Crippen molar-refractivity contribution in [1.82, 2.24) is 0 Å². The zero-order valence-electron chi connectivity index (χ0n) is 4.09. The van der Waals surface area contributed by atoms with Gasteiger partial charge in [-0.2, -0.15) is 0 Å². The van der Waals surface area contributed by atoms with Crippen molar-refractivity contribution < 1.29 is 5.11 Å². The average Bonchev–Trinajstić information content (AvgIpc) is 2.43. The van der Waals surface area contributed by atoms with Crippen LogP contribution in [0.5, 0.6) is 0 Å². The standard InChI is InChI=1S/C6H8O/c1-2-5-3-6(5)4-7/h1,5-7H,3-4H2/t5-,6?/m0/s1. The molecule has 1 fully saturated rings. The zero-order chi connectivity index (χ0) is 5.28. The summed E-state index contributed by atoms with van der Waals surface area (Å²) in [6, 6.07) is 0. The van der Waals surface area contributed by atoms with Gasteiger partial charge in [0.2, 0.25) is 0 Å². The number of aliphatic hydroxyl groups is 1. The van der Waals surface area contributed by atoms with Crippen molar-refractivity contribution in [2.45, 2.75) is 6.42 Å². The molecule has 1 aliphatic carbocycles. The summed E-state index contributed by atoms with van der Waals surface area (Å²) in [7, 11) is 0. The Hall–Kier alpha value is -0.480. The van der Waals surface area contributed by atoms with E-state index in [2.05, 4.69) is 5.92 Å². The van der Waals surface area contributed by atoms with Crippen LogP contribution in [0.2, 0.25) is 0 Å². The molecular weight excluding hydrogens is 88.1 g/mol. The van der Waals surface area contributed by atoms with Crippen LogP contribution in [0.15, 0.2) is 0 Å². The van der Waals surface area contributed by atoms with Gasteiger partial charge in [-0.25, -0.2) is 0 Å². The fourth-order valence-corrected chi connectivity index (χ4v) is 0.653. The molecule has 1 N–H and O–H groups in total. The summed E-state index contributed by atoms with van der Waals surface area (Å²) in [6.07, 6.45) is 6.07. The highest BCUT2D eigenvalue weighted by molar-refractivity contribution is 5.06. The van der Waals surface area contributed by atoms with Crippen LogP contribution in [-0.2, 0) is 0 Å². The van der Waals surface area contributed by atoms with Crippen molar-refractivity contribution in [2.24, 2.45) is 11.8 Å². The van der Waals surface area contributed by atoms with Crippen molar-refractivity contribution >= 4 is 0 Å². The number of terminal acetylenes is 1. The first-order valence-corrected chi connectivity index (χ1v) is 2.45. The summed E-state index contributed by atoms with van der Waals surface area (Å²) in [5.41, 5.74) is 0. The lowest BCUT2D eigenvalue weighted by molar-refractivity contribution is 0.273. The molecule has 0 aromatic heterocycles. The molecule has 0 radical (unpaired) electrons. The lowest BCUT2D eigenvalue weighted by Gasteiger charge is -1.79. The molecule has 0 aliphatic heterocycles. The lowest BCUT2D eigenvalue weighted by atomic mass is 10.3. The fourth-order valence-electron chi connectivity index (χ4n) is 0.653. The number of hydrogen-bond donors (Lipinski definition) is 1. The molecule has 0 aromatic carbocycles. The van der Waals surface area contributed by atoms with E-state index in [0.717, 1.165) is 6.42 Å². The minimum absolute atomic E-state index is 0.273. The average molecular weight is 96.1 g/mol. The van der Waals surface area contributed by atoms with Gasteiger partial charge in [0.05, 0.1) is 0 Å².